The molecule has 8 aromatic carbocycles. The number of rotatable bonds is 5. The zero-order valence-corrected chi connectivity index (χ0v) is 27.0. The lowest BCUT2D eigenvalue weighted by Gasteiger charge is -2.20. The standard InChI is InChI=1S/C46H28N4/c47-29-30-19-21-32(22-20-30)42-40-18-10-9-17-38(40)39-26-25-37(28-41(39)43(42)36-24-23-31-11-7-8-16-35(31)27-36)46-49-44(33-12-3-1-4-13-33)48-45(50-46)34-14-5-2-6-15-34/h1-28H. The second kappa shape index (κ2) is 12.2. The third-order valence-electron chi connectivity index (χ3n) is 9.32. The SMILES string of the molecule is N#Cc1ccc(-c2c(-c3ccc4ccccc4c3)c3cc(-c4nc(-c5ccccc5)nc(-c5ccccc5)n4)ccc3c3ccccc23)cc1. The smallest absolute Gasteiger partial charge is 0.164 e. The summed E-state index contributed by atoms with van der Waals surface area (Å²) >= 11 is 0. The molecule has 9 rings (SSSR count). The van der Waals surface area contributed by atoms with Crippen LogP contribution < -0.4 is 0 Å². The molecule has 0 fully saturated rings. The minimum absolute atomic E-state index is 0.608. The van der Waals surface area contributed by atoms with Crippen molar-refractivity contribution in [2.45, 2.75) is 0 Å². The van der Waals surface area contributed by atoms with Gasteiger partial charge in [-0.3, -0.25) is 0 Å². The van der Waals surface area contributed by atoms with Gasteiger partial charge in [-0.25, -0.2) is 15.0 Å². The normalized spacial score (nSPS) is 11.2. The highest BCUT2D eigenvalue weighted by atomic mass is 15.0. The average Bonchev–Trinajstić information content (AvgIpc) is 3.20. The zero-order valence-electron chi connectivity index (χ0n) is 27.0. The van der Waals surface area contributed by atoms with E-state index in [9.17, 15) is 5.26 Å². The maximum Gasteiger partial charge on any atom is 0.164 e. The number of nitriles is 1. The topological polar surface area (TPSA) is 62.5 Å². The van der Waals surface area contributed by atoms with Gasteiger partial charge in [0.15, 0.2) is 17.5 Å². The molecule has 0 amide bonds. The molecule has 232 valence electrons. The fourth-order valence-electron chi connectivity index (χ4n) is 6.92. The molecule has 4 nitrogen and oxygen atoms in total. The molecule has 0 aliphatic carbocycles. The number of nitrogens with zero attached hydrogens (tertiary/aromatic N) is 4. The van der Waals surface area contributed by atoms with Gasteiger partial charge in [-0.2, -0.15) is 5.26 Å². The van der Waals surface area contributed by atoms with Crippen molar-refractivity contribution in [2.24, 2.45) is 0 Å². The fourth-order valence-corrected chi connectivity index (χ4v) is 6.92. The Morgan fingerprint density at radius 2 is 0.840 bits per heavy atom. The van der Waals surface area contributed by atoms with Gasteiger partial charge in [-0.1, -0.05) is 146 Å². The molecule has 0 aliphatic heterocycles. The van der Waals surface area contributed by atoms with Crippen molar-refractivity contribution >= 4 is 32.3 Å². The molecule has 0 bridgehead atoms. The lowest BCUT2D eigenvalue weighted by molar-refractivity contribution is 1.07. The Hall–Kier alpha value is -6.96. The number of hydrogen-bond acceptors (Lipinski definition) is 4. The second-order valence-corrected chi connectivity index (χ2v) is 12.3. The van der Waals surface area contributed by atoms with Gasteiger partial charge in [-0.15, -0.1) is 0 Å². The summed E-state index contributed by atoms with van der Waals surface area (Å²) in [4.78, 5) is 15.0. The van der Waals surface area contributed by atoms with Gasteiger partial charge in [-0.05, 0) is 78.8 Å². The zero-order chi connectivity index (χ0) is 33.4. The Morgan fingerprint density at radius 3 is 1.50 bits per heavy atom. The molecule has 4 heteroatoms. The van der Waals surface area contributed by atoms with Crippen molar-refractivity contribution in [3.63, 3.8) is 0 Å². The van der Waals surface area contributed by atoms with Gasteiger partial charge in [0.25, 0.3) is 0 Å². The van der Waals surface area contributed by atoms with E-state index in [0.29, 0.717) is 23.0 Å². The van der Waals surface area contributed by atoms with Gasteiger partial charge >= 0.3 is 0 Å². The molecule has 1 heterocycles. The van der Waals surface area contributed by atoms with Crippen LogP contribution in [-0.2, 0) is 0 Å². The summed E-state index contributed by atoms with van der Waals surface area (Å²) < 4.78 is 0. The molecule has 50 heavy (non-hydrogen) atoms. The first-order valence-electron chi connectivity index (χ1n) is 16.6. The minimum atomic E-state index is 0.608. The molecule has 0 saturated carbocycles. The number of hydrogen-bond donors (Lipinski definition) is 0. The Balaban J connectivity index is 1.37. The van der Waals surface area contributed by atoms with Crippen molar-refractivity contribution in [3.8, 4) is 62.5 Å². The fraction of sp³-hybridized carbons (Fsp3) is 0. The predicted molar refractivity (Wildman–Crippen MR) is 204 cm³/mol. The van der Waals surface area contributed by atoms with Gasteiger partial charge in [0.1, 0.15) is 0 Å². The summed E-state index contributed by atoms with van der Waals surface area (Å²) in [6.45, 7) is 0. The number of fused-ring (bicyclic) bond motifs is 4. The maximum atomic E-state index is 9.60. The van der Waals surface area contributed by atoms with E-state index in [1.165, 1.54) is 10.8 Å². The van der Waals surface area contributed by atoms with Crippen LogP contribution in [0.5, 0.6) is 0 Å². The number of aromatic nitrogens is 3. The molecule has 0 N–H and O–H groups in total. The van der Waals surface area contributed by atoms with Crippen molar-refractivity contribution < 1.29 is 0 Å². The van der Waals surface area contributed by atoms with E-state index in [-0.39, 0.29) is 0 Å². The van der Waals surface area contributed by atoms with Crippen LogP contribution in [0.1, 0.15) is 5.56 Å². The van der Waals surface area contributed by atoms with Crippen LogP contribution in [0.4, 0.5) is 0 Å². The van der Waals surface area contributed by atoms with Crippen LogP contribution in [0.2, 0.25) is 0 Å². The monoisotopic (exact) mass is 636 g/mol. The van der Waals surface area contributed by atoms with Gasteiger partial charge < -0.3 is 0 Å². The molecule has 1 aromatic heterocycles. The summed E-state index contributed by atoms with van der Waals surface area (Å²) in [5.41, 5.74) is 7.80. The lowest BCUT2D eigenvalue weighted by Crippen LogP contribution is -2.00. The first kappa shape index (κ1) is 29.2. The molecular weight excluding hydrogens is 609 g/mol. The molecule has 9 aromatic rings. The highest BCUT2D eigenvalue weighted by molar-refractivity contribution is 6.22. The first-order chi connectivity index (χ1) is 24.7. The average molecular weight is 637 g/mol. The van der Waals surface area contributed by atoms with Gasteiger partial charge in [0.05, 0.1) is 11.6 Å². The van der Waals surface area contributed by atoms with Crippen molar-refractivity contribution in [1.82, 2.24) is 15.0 Å². The molecule has 0 spiro atoms. The van der Waals surface area contributed by atoms with Crippen LogP contribution >= 0.6 is 0 Å². The van der Waals surface area contributed by atoms with E-state index in [2.05, 4.69) is 103 Å². The molecular formula is C46H28N4. The Morgan fingerprint density at radius 1 is 0.340 bits per heavy atom. The molecule has 0 unspecified atom stereocenters. The molecule has 0 saturated heterocycles. The summed E-state index contributed by atoms with van der Waals surface area (Å²) in [6.07, 6.45) is 0. The van der Waals surface area contributed by atoms with Crippen molar-refractivity contribution in [3.05, 3.63) is 175 Å². The van der Waals surface area contributed by atoms with Gasteiger partial charge in [0.2, 0.25) is 0 Å². The van der Waals surface area contributed by atoms with E-state index < -0.39 is 0 Å². The van der Waals surface area contributed by atoms with Crippen LogP contribution in [-0.4, -0.2) is 15.0 Å². The summed E-state index contributed by atoms with van der Waals surface area (Å²) in [7, 11) is 0. The van der Waals surface area contributed by atoms with E-state index >= 15 is 0 Å². The maximum absolute atomic E-state index is 9.60. The van der Waals surface area contributed by atoms with Crippen LogP contribution in [0.25, 0.3) is 88.7 Å². The van der Waals surface area contributed by atoms with Crippen molar-refractivity contribution in [2.75, 3.05) is 0 Å². The van der Waals surface area contributed by atoms with E-state index in [1.54, 1.807) is 0 Å². The first-order valence-corrected chi connectivity index (χ1v) is 16.6. The van der Waals surface area contributed by atoms with Gasteiger partial charge in [0, 0.05) is 16.7 Å². The van der Waals surface area contributed by atoms with Crippen molar-refractivity contribution in [1.29, 1.82) is 5.26 Å². The van der Waals surface area contributed by atoms with Crippen LogP contribution in [0.15, 0.2) is 170 Å². The lowest BCUT2D eigenvalue weighted by atomic mass is 9.84. The quantitative estimate of drug-likeness (QED) is 0.176. The number of benzene rings is 8. The third-order valence-corrected chi connectivity index (χ3v) is 9.32. The Labute approximate surface area is 289 Å². The Bertz CT molecular complexity index is 2690. The highest BCUT2D eigenvalue weighted by Crippen LogP contribution is 2.46. The van der Waals surface area contributed by atoms with E-state index in [4.69, 9.17) is 15.0 Å². The minimum Gasteiger partial charge on any atom is -0.208 e. The van der Waals surface area contributed by atoms with Crippen LogP contribution in [0, 0.1) is 11.3 Å². The predicted octanol–water partition coefficient (Wildman–Crippen LogP) is 11.5. The summed E-state index contributed by atoms with van der Waals surface area (Å²) in [6, 6.07) is 60.6. The molecule has 0 aliphatic rings. The second-order valence-electron chi connectivity index (χ2n) is 12.3. The molecule has 0 radical (unpaired) electrons. The summed E-state index contributed by atoms with van der Waals surface area (Å²) in [5, 5.41) is 16.5. The third kappa shape index (κ3) is 5.15. The van der Waals surface area contributed by atoms with E-state index in [1.807, 2.05) is 72.8 Å². The Kier molecular flexibility index (Phi) is 7.15. The molecule has 0 atom stereocenters. The van der Waals surface area contributed by atoms with Crippen LogP contribution in [0.3, 0.4) is 0 Å². The summed E-state index contributed by atoms with van der Waals surface area (Å²) in [5.74, 6) is 1.86. The highest BCUT2D eigenvalue weighted by Gasteiger charge is 2.20. The largest absolute Gasteiger partial charge is 0.208 e. The van der Waals surface area contributed by atoms with E-state index in [0.717, 1.165) is 60.5 Å².